The first-order chi connectivity index (χ1) is 16.7. The second-order valence-corrected chi connectivity index (χ2v) is 9.75. The number of hydrogen-bond acceptors (Lipinski definition) is 2. The first-order valence-electron chi connectivity index (χ1n) is 11.5. The summed E-state index contributed by atoms with van der Waals surface area (Å²) in [5.41, 5.74) is 2.27. The van der Waals surface area contributed by atoms with Gasteiger partial charge in [0.2, 0.25) is 11.8 Å². The van der Waals surface area contributed by atoms with Crippen LogP contribution in [-0.4, -0.2) is 29.3 Å². The van der Waals surface area contributed by atoms with E-state index in [-0.39, 0.29) is 36.5 Å². The van der Waals surface area contributed by atoms with Crippen LogP contribution in [0.3, 0.4) is 0 Å². The Kier molecular flexibility index (Phi) is 9.70. The van der Waals surface area contributed by atoms with Gasteiger partial charge in [0.15, 0.2) is 0 Å². The molecule has 0 fully saturated rings. The van der Waals surface area contributed by atoms with Crippen LogP contribution in [-0.2, 0) is 29.0 Å². The number of carbonyl (C=O) groups excluding carboxylic acids is 2. The zero-order valence-corrected chi connectivity index (χ0v) is 21.3. The van der Waals surface area contributed by atoms with E-state index in [0.29, 0.717) is 28.6 Å². The van der Waals surface area contributed by atoms with Crippen molar-refractivity contribution in [2.45, 2.75) is 39.3 Å². The fourth-order valence-corrected chi connectivity index (χ4v) is 4.17. The van der Waals surface area contributed by atoms with Crippen molar-refractivity contribution in [2.24, 2.45) is 5.92 Å². The van der Waals surface area contributed by atoms with Crippen LogP contribution in [0.25, 0.3) is 0 Å². The lowest BCUT2D eigenvalue weighted by atomic mass is 10.0. The summed E-state index contributed by atoms with van der Waals surface area (Å²) in [6.45, 7) is 4.66. The van der Waals surface area contributed by atoms with Gasteiger partial charge in [0, 0.05) is 29.6 Å². The maximum Gasteiger partial charge on any atom is 0.243 e. The van der Waals surface area contributed by atoms with E-state index in [0.717, 1.165) is 11.1 Å². The molecule has 1 N–H and O–H groups in total. The monoisotopic (exact) mass is 514 g/mol. The number of carbonyl (C=O) groups is 2. The van der Waals surface area contributed by atoms with Crippen LogP contribution in [0.4, 0.5) is 4.39 Å². The molecule has 184 valence electrons. The molecule has 0 aliphatic heterocycles. The maximum absolute atomic E-state index is 13.7. The van der Waals surface area contributed by atoms with E-state index in [2.05, 4.69) is 5.32 Å². The molecule has 0 unspecified atom stereocenters. The van der Waals surface area contributed by atoms with E-state index < -0.39 is 6.04 Å². The van der Waals surface area contributed by atoms with E-state index in [1.165, 1.54) is 12.1 Å². The van der Waals surface area contributed by atoms with Crippen LogP contribution in [0.15, 0.2) is 72.8 Å². The number of halogens is 3. The molecular formula is C28H29Cl2FN2O2. The Morgan fingerprint density at radius 1 is 0.943 bits per heavy atom. The van der Waals surface area contributed by atoms with Gasteiger partial charge in [-0.2, -0.15) is 0 Å². The van der Waals surface area contributed by atoms with Gasteiger partial charge in [0.25, 0.3) is 0 Å². The summed E-state index contributed by atoms with van der Waals surface area (Å²) < 4.78 is 13.5. The molecule has 0 aliphatic carbocycles. The SMILES string of the molecule is CC(C)CNC(=O)[C@@H](Cc1ccccc1)N(Cc1ccc(F)cc1)C(=O)Cc1ccc(Cl)cc1Cl. The minimum atomic E-state index is -0.764. The Hall–Kier alpha value is -2.89. The Bertz CT molecular complexity index is 1140. The van der Waals surface area contributed by atoms with Crippen molar-refractivity contribution < 1.29 is 14.0 Å². The highest BCUT2D eigenvalue weighted by Gasteiger charge is 2.30. The predicted molar refractivity (Wildman–Crippen MR) is 139 cm³/mol. The lowest BCUT2D eigenvalue weighted by Gasteiger charge is -2.32. The van der Waals surface area contributed by atoms with E-state index in [4.69, 9.17) is 23.2 Å². The normalized spacial score (nSPS) is 11.8. The van der Waals surface area contributed by atoms with Gasteiger partial charge in [-0.1, -0.05) is 85.6 Å². The van der Waals surface area contributed by atoms with Crippen LogP contribution < -0.4 is 5.32 Å². The molecule has 0 radical (unpaired) electrons. The first-order valence-corrected chi connectivity index (χ1v) is 12.3. The third-order valence-corrected chi connectivity index (χ3v) is 6.17. The molecule has 0 spiro atoms. The smallest absolute Gasteiger partial charge is 0.243 e. The summed E-state index contributed by atoms with van der Waals surface area (Å²) in [6.07, 6.45) is 0.339. The minimum absolute atomic E-state index is 0.0000524. The van der Waals surface area contributed by atoms with Crippen LogP contribution in [0.5, 0.6) is 0 Å². The second-order valence-electron chi connectivity index (χ2n) is 8.91. The Balaban J connectivity index is 1.96. The Morgan fingerprint density at radius 3 is 2.26 bits per heavy atom. The van der Waals surface area contributed by atoms with Crippen LogP contribution in [0, 0.1) is 11.7 Å². The van der Waals surface area contributed by atoms with E-state index >= 15 is 0 Å². The van der Waals surface area contributed by atoms with Crippen molar-refractivity contribution in [1.29, 1.82) is 0 Å². The van der Waals surface area contributed by atoms with E-state index in [1.807, 2.05) is 44.2 Å². The van der Waals surface area contributed by atoms with Crippen molar-refractivity contribution in [1.82, 2.24) is 10.2 Å². The highest BCUT2D eigenvalue weighted by Crippen LogP contribution is 2.23. The average Bonchev–Trinajstić information content (AvgIpc) is 2.83. The van der Waals surface area contributed by atoms with Crippen LogP contribution in [0.2, 0.25) is 10.0 Å². The number of amides is 2. The van der Waals surface area contributed by atoms with E-state index in [9.17, 15) is 14.0 Å². The second kappa shape index (κ2) is 12.7. The molecule has 35 heavy (non-hydrogen) atoms. The van der Waals surface area contributed by atoms with Crippen molar-refractivity contribution in [3.8, 4) is 0 Å². The van der Waals surface area contributed by atoms with Gasteiger partial charge in [0.05, 0.1) is 6.42 Å². The standard InChI is InChI=1S/C28H29Cl2FN2O2/c1-19(2)17-32-28(35)26(14-20-6-4-3-5-7-20)33(18-21-8-12-24(31)13-9-21)27(34)15-22-10-11-23(29)16-25(22)30/h3-13,16,19,26H,14-15,17-18H2,1-2H3,(H,32,35)/t26-/m1/s1. The number of rotatable bonds is 10. The Morgan fingerprint density at radius 2 is 1.63 bits per heavy atom. The Labute approximate surface area is 216 Å². The van der Waals surface area contributed by atoms with Gasteiger partial charge in [-0.05, 0) is 46.9 Å². The molecule has 0 heterocycles. The molecule has 1 atom stereocenters. The molecule has 0 saturated carbocycles. The molecule has 0 aromatic heterocycles. The van der Waals surface area contributed by atoms with Crippen molar-refractivity contribution in [3.63, 3.8) is 0 Å². The zero-order chi connectivity index (χ0) is 25.4. The molecule has 4 nitrogen and oxygen atoms in total. The summed E-state index contributed by atoms with van der Waals surface area (Å²) in [5.74, 6) is -0.611. The number of nitrogens with zero attached hydrogens (tertiary/aromatic N) is 1. The average molecular weight is 515 g/mol. The fraction of sp³-hybridized carbons (Fsp3) is 0.286. The minimum Gasteiger partial charge on any atom is -0.354 e. The quantitative estimate of drug-likeness (QED) is 0.356. The highest BCUT2D eigenvalue weighted by molar-refractivity contribution is 6.35. The van der Waals surface area contributed by atoms with Crippen molar-refractivity contribution in [2.75, 3.05) is 6.54 Å². The summed E-state index contributed by atoms with van der Waals surface area (Å²) in [5, 5.41) is 3.84. The third-order valence-electron chi connectivity index (χ3n) is 5.58. The summed E-state index contributed by atoms with van der Waals surface area (Å²) in [7, 11) is 0. The summed E-state index contributed by atoms with van der Waals surface area (Å²) in [4.78, 5) is 28.6. The molecule has 7 heteroatoms. The lowest BCUT2D eigenvalue weighted by molar-refractivity contribution is -0.140. The molecular weight excluding hydrogens is 486 g/mol. The maximum atomic E-state index is 13.7. The van der Waals surface area contributed by atoms with Crippen molar-refractivity contribution in [3.05, 3.63) is 105 Å². The topological polar surface area (TPSA) is 49.4 Å². The molecule has 2 amide bonds. The van der Waals surface area contributed by atoms with Gasteiger partial charge >= 0.3 is 0 Å². The van der Waals surface area contributed by atoms with Gasteiger partial charge in [0.1, 0.15) is 11.9 Å². The number of nitrogens with one attached hydrogen (secondary N) is 1. The summed E-state index contributed by atoms with van der Waals surface area (Å²) >= 11 is 12.4. The van der Waals surface area contributed by atoms with Gasteiger partial charge < -0.3 is 10.2 Å². The van der Waals surface area contributed by atoms with E-state index in [1.54, 1.807) is 35.2 Å². The predicted octanol–water partition coefficient (Wildman–Crippen LogP) is 6.09. The summed E-state index contributed by atoms with van der Waals surface area (Å²) in [6, 6.07) is 19.7. The highest BCUT2D eigenvalue weighted by atomic mass is 35.5. The molecule has 3 aromatic rings. The zero-order valence-electron chi connectivity index (χ0n) is 19.8. The lowest BCUT2D eigenvalue weighted by Crippen LogP contribution is -2.51. The van der Waals surface area contributed by atoms with Crippen LogP contribution >= 0.6 is 23.2 Å². The molecule has 0 aliphatic rings. The first kappa shape index (κ1) is 26.7. The largest absolute Gasteiger partial charge is 0.354 e. The van der Waals surface area contributed by atoms with Crippen molar-refractivity contribution >= 4 is 35.0 Å². The molecule has 3 rings (SSSR count). The third kappa shape index (κ3) is 8.08. The number of benzene rings is 3. The molecule has 3 aromatic carbocycles. The molecule has 0 bridgehead atoms. The van der Waals surface area contributed by atoms with Gasteiger partial charge in [-0.25, -0.2) is 4.39 Å². The number of hydrogen-bond donors (Lipinski definition) is 1. The molecule has 0 saturated heterocycles. The fourth-order valence-electron chi connectivity index (χ4n) is 3.69. The van der Waals surface area contributed by atoms with Gasteiger partial charge in [-0.15, -0.1) is 0 Å². The van der Waals surface area contributed by atoms with Gasteiger partial charge in [-0.3, -0.25) is 9.59 Å². The van der Waals surface area contributed by atoms with Crippen LogP contribution in [0.1, 0.15) is 30.5 Å².